The normalized spacial score (nSPS) is 18.1. The van der Waals surface area contributed by atoms with Gasteiger partial charge in [0.25, 0.3) is 5.91 Å². The molecule has 1 heterocycles. The minimum Gasteiger partial charge on any atom is -0.351 e. The lowest BCUT2D eigenvalue weighted by Crippen LogP contribution is -2.46. The van der Waals surface area contributed by atoms with Crippen molar-refractivity contribution in [1.29, 1.82) is 0 Å². The van der Waals surface area contributed by atoms with Crippen molar-refractivity contribution in [3.05, 3.63) is 46.7 Å². The van der Waals surface area contributed by atoms with Crippen LogP contribution in [0.25, 0.3) is 0 Å². The quantitative estimate of drug-likeness (QED) is 0.818. The maximum Gasteiger partial charge on any atom is 0.253 e. The van der Waals surface area contributed by atoms with Crippen molar-refractivity contribution in [2.24, 2.45) is 0 Å². The lowest BCUT2D eigenvalue weighted by Gasteiger charge is -2.31. The summed E-state index contributed by atoms with van der Waals surface area (Å²) < 4.78 is 27.1. The minimum atomic E-state index is -0.755. The second-order valence-electron chi connectivity index (χ2n) is 4.94. The number of allylic oxidation sites excluding steroid dienone is 1. The van der Waals surface area contributed by atoms with Gasteiger partial charge in [-0.2, -0.15) is 0 Å². The number of thiocarbonyl (C=S) groups is 1. The van der Waals surface area contributed by atoms with Gasteiger partial charge in [0.05, 0.1) is 11.6 Å². The molecule has 21 heavy (non-hydrogen) atoms. The van der Waals surface area contributed by atoms with Gasteiger partial charge in [-0.25, -0.2) is 8.78 Å². The van der Waals surface area contributed by atoms with E-state index in [2.05, 4.69) is 10.6 Å². The van der Waals surface area contributed by atoms with Gasteiger partial charge in [-0.15, -0.1) is 0 Å². The standard InChI is InChI=1S/C14H15F2N3OS/c1-7-11(13(20)19(2)3)12(18-14(21)17-7)9-5-4-8(15)6-10(9)16/h4-6,12H,1-3H3,(H2,17,18,21). The third-order valence-electron chi connectivity index (χ3n) is 3.18. The molecular weight excluding hydrogens is 296 g/mol. The van der Waals surface area contributed by atoms with Crippen molar-refractivity contribution in [3.63, 3.8) is 0 Å². The Bertz CT molecular complexity index is 643. The van der Waals surface area contributed by atoms with E-state index in [0.29, 0.717) is 11.3 Å². The van der Waals surface area contributed by atoms with Crippen LogP contribution >= 0.6 is 12.2 Å². The average molecular weight is 311 g/mol. The molecule has 0 aromatic heterocycles. The summed E-state index contributed by atoms with van der Waals surface area (Å²) in [6, 6.07) is 2.49. The molecule has 112 valence electrons. The molecule has 1 unspecified atom stereocenters. The molecule has 1 aromatic rings. The summed E-state index contributed by atoms with van der Waals surface area (Å²) >= 11 is 5.06. The van der Waals surface area contributed by atoms with Gasteiger partial charge >= 0.3 is 0 Å². The Hall–Kier alpha value is -2.02. The number of carbonyl (C=O) groups is 1. The first-order valence-corrected chi connectivity index (χ1v) is 6.67. The number of halogens is 2. The third kappa shape index (κ3) is 3.02. The predicted molar refractivity (Wildman–Crippen MR) is 79.4 cm³/mol. The topological polar surface area (TPSA) is 44.4 Å². The van der Waals surface area contributed by atoms with Crippen LogP contribution in [0.1, 0.15) is 18.5 Å². The summed E-state index contributed by atoms with van der Waals surface area (Å²) in [5, 5.41) is 6.00. The van der Waals surface area contributed by atoms with Gasteiger partial charge in [0.2, 0.25) is 0 Å². The van der Waals surface area contributed by atoms with Crippen molar-refractivity contribution in [1.82, 2.24) is 15.5 Å². The SMILES string of the molecule is CC1=C(C(=O)N(C)C)C(c2ccc(F)cc2F)NC(=S)N1. The van der Waals surface area contributed by atoms with Crippen LogP contribution in [0.5, 0.6) is 0 Å². The lowest BCUT2D eigenvalue weighted by molar-refractivity contribution is -0.125. The molecule has 0 aliphatic carbocycles. The molecule has 0 radical (unpaired) electrons. The van der Waals surface area contributed by atoms with Crippen LogP contribution < -0.4 is 10.6 Å². The van der Waals surface area contributed by atoms with Crippen molar-refractivity contribution in [2.75, 3.05) is 14.1 Å². The Balaban J connectivity index is 2.55. The molecular formula is C14H15F2N3OS. The second kappa shape index (κ2) is 5.77. The fourth-order valence-electron chi connectivity index (χ4n) is 2.19. The number of carbonyl (C=O) groups excluding carboxylic acids is 1. The van der Waals surface area contributed by atoms with Gasteiger partial charge in [0, 0.05) is 31.4 Å². The summed E-state index contributed by atoms with van der Waals surface area (Å²) in [5.41, 5.74) is 1.06. The third-order valence-corrected chi connectivity index (χ3v) is 3.40. The van der Waals surface area contributed by atoms with Crippen molar-refractivity contribution >= 4 is 23.2 Å². The van der Waals surface area contributed by atoms with Crippen LogP contribution in [0.2, 0.25) is 0 Å². The van der Waals surface area contributed by atoms with Crippen molar-refractivity contribution in [2.45, 2.75) is 13.0 Å². The number of benzene rings is 1. The van der Waals surface area contributed by atoms with E-state index in [0.717, 1.165) is 12.1 Å². The van der Waals surface area contributed by atoms with E-state index >= 15 is 0 Å². The monoisotopic (exact) mass is 311 g/mol. The molecule has 2 rings (SSSR count). The maximum atomic E-state index is 14.0. The summed E-state index contributed by atoms with van der Waals surface area (Å²) in [6.45, 7) is 1.69. The van der Waals surface area contributed by atoms with Crippen LogP contribution in [0.15, 0.2) is 29.5 Å². The number of hydrogen-bond acceptors (Lipinski definition) is 2. The first-order valence-electron chi connectivity index (χ1n) is 6.26. The molecule has 4 nitrogen and oxygen atoms in total. The molecule has 0 spiro atoms. The number of rotatable bonds is 2. The van der Waals surface area contributed by atoms with E-state index in [9.17, 15) is 13.6 Å². The number of hydrogen-bond donors (Lipinski definition) is 2. The zero-order valence-corrected chi connectivity index (χ0v) is 12.6. The van der Waals surface area contributed by atoms with Gasteiger partial charge in [-0.3, -0.25) is 4.79 Å². The van der Waals surface area contributed by atoms with Crippen LogP contribution in [-0.4, -0.2) is 30.0 Å². The van der Waals surface area contributed by atoms with E-state index in [1.807, 2.05) is 0 Å². The molecule has 1 amide bonds. The summed E-state index contributed by atoms with van der Waals surface area (Å²) in [5.74, 6) is -1.67. The molecule has 1 aliphatic heterocycles. The minimum absolute atomic E-state index is 0.171. The van der Waals surface area contributed by atoms with E-state index in [1.54, 1.807) is 21.0 Å². The molecule has 1 aromatic carbocycles. The first-order chi connectivity index (χ1) is 9.81. The Morgan fingerprint density at radius 3 is 2.57 bits per heavy atom. The first kappa shape index (κ1) is 15.4. The maximum absolute atomic E-state index is 14.0. The molecule has 0 bridgehead atoms. The fraction of sp³-hybridized carbons (Fsp3) is 0.286. The van der Waals surface area contributed by atoms with Gasteiger partial charge in [-0.05, 0) is 25.2 Å². The number of nitrogens with one attached hydrogen (secondary N) is 2. The predicted octanol–water partition coefficient (Wildman–Crippen LogP) is 1.85. The second-order valence-corrected chi connectivity index (χ2v) is 5.34. The molecule has 0 saturated heterocycles. The van der Waals surface area contributed by atoms with E-state index in [4.69, 9.17) is 12.2 Å². The molecule has 0 fully saturated rings. The highest BCUT2D eigenvalue weighted by Crippen LogP contribution is 2.29. The van der Waals surface area contributed by atoms with E-state index in [-0.39, 0.29) is 16.6 Å². The largest absolute Gasteiger partial charge is 0.351 e. The molecule has 2 N–H and O–H groups in total. The summed E-state index contributed by atoms with van der Waals surface area (Å²) in [6.07, 6.45) is 0. The number of amides is 1. The van der Waals surface area contributed by atoms with Crippen LogP contribution in [0.4, 0.5) is 8.78 Å². The molecule has 1 atom stereocenters. The Kier molecular flexibility index (Phi) is 4.22. The number of likely N-dealkylation sites (N-methyl/N-ethyl adjacent to an activating group) is 1. The smallest absolute Gasteiger partial charge is 0.253 e. The zero-order valence-electron chi connectivity index (χ0n) is 11.8. The molecule has 1 aliphatic rings. The van der Waals surface area contributed by atoms with Crippen molar-refractivity contribution in [3.8, 4) is 0 Å². The van der Waals surface area contributed by atoms with Crippen LogP contribution in [0.3, 0.4) is 0 Å². The highest BCUT2D eigenvalue weighted by Gasteiger charge is 2.32. The molecule has 0 saturated carbocycles. The van der Waals surface area contributed by atoms with E-state index in [1.165, 1.54) is 11.0 Å². The van der Waals surface area contributed by atoms with E-state index < -0.39 is 17.7 Å². The highest BCUT2D eigenvalue weighted by atomic mass is 32.1. The highest BCUT2D eigenvalue weighted by molar-refractivity contribution is 7.80. The summed E-state index contributed by atoms with van der Waals surface area (Å²) in [4.78, 5) is 13.7. The average Bonchev–Trinajstić information content (AvgIpc) is 2.37. The van der Waals surface area contributed by atoms with Gasteiger partial charge in [0.15, 0.2) is 5.11 Å². The van der Waals surface area contributed by atoms with Crippen molar-refractivity contribution < 1.29 is 13.6 Å². The Morgan fingerprint density at radius 2 is 2.00 bits per heavy atom. The molecule has 7 heteroatoms. The van der Waals surface area contributed by atoms with Gasteiger partial charge in [-0.1, -0.05) is 6.07 Å². The zero-order chi connectivity index (χ0) is 15.7. The summed E-state index contributed by atoms with van der Waals surface area (Å²) in [7, 11) is 3.21. The van der Waals surface area contributed by atoms with Crippen LogP contribution in [-0.2, 0) is 4.79 Å². The van der Waals surface area contributed by atoms with Gasteiger partial charge in [0.1, 0.15) is 11.6 Å². The fourth-order valence-corrected chi connectivity index (χ4v) is 2.46. The van der Waals surface area contributed by atoms with Crippen LogP contribution in [0, 0.1) is 11.6 Å². The Morgan fingerprint density at radius 1 is 1.33 bits per heavy atom. The lowest BCUT2D eigenvalue weighted by atomic mass is 9.94. The Labute approximate surface area is 126 Å². The van der Waals surface area contributed by atoms with Gasteiger partial charge < -0.3 is 15.5 Å². The number of nitrogens with zero attached hydrogens (tertiary/aromatic N) is 1.